The molecule has 1 saturated carbocycles. The third-order valence-electron chi connectivity index (χ3n) is 3.43. The van der Waals surface area contributed by atoms with Gasteiger partial charge in [-0.3, -0.25) is 9.59 Å². The summed E-state index contributed by atoms with van der Waals surface area (Å²) in [6, 6.07) is 7.33. The Morgan fingerprint density at radius 1 is 1.37 bits per heavy atom. The van der Waals surface area contributed by atoms with Crippen molar-refractivity contribution in [3.8, 4) is 0 Å². The number of amides is 1. The summed E-state index contributed by atoms with van der Waals surface area (Å²) in [7, 11) is 0. The van der Waals surface area contributed by atoms with Gasteiger partial charge in [0.1, 0.15) is 0 Å². The number of carbonyl (C=O) groups is 2. The third-order valence-corrected chi connectivity index (χ3v) is 3.93. The molecule has 1 aliphatic carbocycles. The number of carbonyl (C=O) groups excluding carboxylic acids is 1. The van der Waals surface area contributed by atoms with Crippen LogP contribution < -0.4 is 5.32 Å². The molecule has 1 aromatic carbocycles. The lowest BCUT2D eigenvalue weighted by Gasteiger charge is -2.17. The fourth-order valence-electron chi connectivity index (χ4n) is 2.52. The van der Waals surface area contributed by atoms with Crippen molar-refractivity contribution in [2.75, 3.05) is 0 Å². The van der Waals surface area contributed by atoms with Crippen LogP contribution in [0.2, 0.25) is 0 Å². The van der Waals surface area contributed by atoms with Crippen molar-refractivity contribution in [1.29, 1.82) is 0 Å². The van der Waals surface area contributed by atoms with Crippen molar-refractivity contribution in [2.45, 2.75) is 31.7 Å². The number of aliphatic carboxylic acids is 1. The van der Waals surface area contributed by atoms with Gasteiger partial charge < -0.3 is 10.4 Å². The molecular weight excluding hydrogens is 310 g/mol. The summed E-state index contributed by atoms with van der Waals surface area (Å²) in [6.45, 7) is 0. The lowest BCUT2D eigenvalue weighted by Crippen LogP contribution is -2.40. The van der Waals surface area contributed by atoms with E-state index in [1.54, 1.807) is 0 Å². The zero-order valence-electron chi connectivity index (χ0n) is 10.4. The van der Waals surface area contributed by atoms with Crippen molar-refractivity contribution in [1.82, 2.24) is 5.32 Å². The fraction of sp³-hybridized carbons (Fsp3) is 0.429. The molecule has 0 unspecified atom stereocenters. The molecule has 0 aliphatic heterocycles. The molecular formula is C14H16BrNO3. The van der Waals surface area contributed by atoms with Gasteiger partial charge >= 0.3 is 5.97 Å². The first-order valence-electron chi connectivity index (χ1n) is 6.33. The molecule has 0 aromatic heterocycles. The number of nitrogens with one attached hydrogen (secondary N) is 1. The molecule has 2 N–H and O–H groups in total. The molecule has 0 spiro atoms. The van der Waals surface area contributed by atoms with Crippen molar-refractivity contribution >= 4 is 27.8 Å². The van der Waals surface area contributed by atoms with Crippen LogP contribution in [-0.4, -0.2) is 23.0 Å². The van der Waals surface area contributed by atoms with Gasteiger partial charge in [-0.05, 0) is 30.5 Å². The highest BCUT2D eigenvalue weighted by molar-refractivity contribution is 9.10. The van der Waals surface area contributed by atoms with E-state index < -0.39 is 11.9 Å². The maximum atomic E-state index is 11.9. The van der Waals surface area contributed by atoms with Crippen LogP contribution in [0.15, 0.2) is 28.7 Å². The zero-order chi connectivity index (χ0) is 13.8. The number of carboxylic acid groups (broad SMARTS) is 1. The van der Waals surface area contributed by atoms with Gasteiger partial charge in [0.15, 0.2) is 0 Å². The molecule has 1 aliphatic rings. The van der Waals surface area contributed by atoms with Crippen LogP contribution in [0.3, 0.4) is 0 Å². The standard InChI is InChI=1S/C14H16BrNO3/c15-10-4-1-3-9(7-10)8-13(17)16-12-6-2-5-11(12)14(18)19/h1,3-4,7,11-12H,2,5-6,8H2,(H,16,17)(H,18,19)/t11-,12+/m1/s1. The third kappa shape index (κ3) is 3.80. The summed E-state index contributed by atoms with van der Waals surface area (Å²) < 4.78 is 0.932. The van der Waals surface area contributed by atoms with E-state index >= 15 is 0 Å². The topological polar surface area (TPSA) is 66.4 Å². The number of hydrogen-bond donors (Lipinski definition) is 2. The summed E-state index contributed by atoms with van der Waals surface area (Å²) in [4.78, 5) is 23.0. The Kier molecular flexibility index (Phi) is 4.58. The van der Waals surface area contributed by atoms with Crippen LogP contribution in [-0.2, 0) is 16.0 Å². The lowest BCUT2D eigenvalue weighted by atomic mass is 10.0. The SMILES string of the molecule is O=C(Cc1cccc(Br)c1)N[C@H]1CCC[C@H]1C(=O)O. The summed E-state index contributed by atoms with van der Waals surface area (Å²) in [6.07, 6.45) is 2.54. The fourth-order valence-corrected chi connectivity index (χ4v) is 2.97. The van der Waals surface area contributed by atoms with Crippen LogP contribution in [0.5, 0.6) is 0 Å². The molecule has 4 nitrogen and oxygen atoms in total. The van der Waals surface area contributed by atoms with E-state index in [1.165, 1.54) is 0 Å². The smallest absolute Gasteiger partial charge is 0.308 e. The number of hydrogen-bond acceptors (Lipinski definition) is 2. The molecule has 1 fully saturated rings. The minimum Gasteiger partial charge on any atom is -0.481 e. The van der Waals surface area contributed by atoms with Gasteiger partial charge in [0, 0.05) is 10.5 Å². The van der Waals surface area contributed by atoms with Gasteiger partial charge in [0.2, 0.25) is 5.91 Å². The lowest BCUT2D eigenvalue weighted by molar-refractivity contribution is -0.142. The first-order valence-corrected chi connectivity index (χ1v) is 7.12. The van der Waals surface area contributed by atoms with Crippen molar-refractivity contribution < 1.29 is 14.7 Å². The van der Waals surface area contributed by atoms with E-state index in [-0.39, 0.29) is 18.4 Å². The van der Waals surface area contributed by atoms with Gasteiger partial charge in [-0.2, -0.15) is 0 Å². The van der Waals surface area contributed by atoms with Crippen LogP contribution in [0, 0.1) is 5.92 Å². The summed E-state index contributed by atoms with van der Waals surface area (Å²) in [5.74, 6) is -1.37. The average molecular weight is 326 g/mol. The minimum absolute atomic E-state index is 0.115. The van der Waals surface area contributed by atoms with Gasteiger partial charge in [-0.15, -0.1) is 0 Å². The van der Waals surface area contributed by atoms with E-state index in [0.717, 1.165) is 22.9 Å². The maximum absolute atomic E-state index is 11.9. The quantitative estimate of drug-likeness (QED) is 0.893. The van der Waals surface area contributed by atoms with Crippen molar-refractivity contribution in [2.24, 2.45) is 5.92 Å². The average Bonchev–Trinajstić information content (AvgIpc) is 2.76. The minimum atomic E-state index is -0.815. The summed E-state index contributed by atoms with van der Waals surface area (Å²) >= 11 is 3.36. The zero-order valence-corrected chi connectivity index (χ0v) is 12.0. The second kappa shape index (κ2) is 6.19. The Morgan fingerprint density at radius 3 is 2.84 bits per heavy atom. The Morgan fingerprint density at radius 2 is 2.16 bits per heavy atom. The summed E-state index contributed by atoms with van der Waals surface area (Å²) in [5.41, 5.74) is 0.914. The Labute approximate surface area is 120 Å². The molecule has 5 heteroatoms. The van der Waals surface area contributed by atoms with E-state index in [2.05, 4.69) is 21.2 Å². The van der Waals surface area contributed by atoms with Gasteiger partial charge in [0.05, 0.1) is 12.3 Å². The molecule has 2 rings (SSSR count). The molecule has 102 valence electrons. The summed E-state index contributed by atoms with van der Waals surface area (Å²) in [5, 5.41) is 11.9. The van der Waals surface area contributed by atoms with Crippen molar-refractivity contribution in [3.05, 3.63) is 34.3 Å². The van der Waals surface area contributed by atoms with E-state index in [9.17, 15) is 9.59 Å². The van der Waals surface area contributed by atoms with Gasteiger partial charge in [-0.1, -0.05) is 34.5 Å². The first-order chi connectivity index (χ1) is 9.06. The molecule has 1 amide bonds. The maximum Gasteiger partial charge on any atom is 0.308 e. The highest BCUT2D eigenvalue weighted by Crippen LogP contribution is 2.25. The Hall–Kier alpha value is -1.36. The highest BCUT2D eigenvalue weighted by Gasteiger charge is 2.33. The van der Waals surface area contributed by atoms with Gasteiger partial charge in [-0.25, -0.2) is 0 Å². The molecule has 0 bridgehead atoms. The monoisotopic (exact) mass is 325 g/mol. The second-order valence-electron chi connectivity index (χ2n) is 4.86. The van der Waals surface area contributed by atoms with E-state index in [1.807, 2.05) is 24.3 Å². The predicted molar refractivity (Wildman–Crippen MR) is 74.8 cm³/mol. The van der Waals surface area contributed by atoms with Crippen LogP contribution in [0.25, 0.3) is 0 Å². The second-order valence-corrected chi connectivity index (χ2v) is 5.77. The normalized spacial score (nSPS) is 22.2. The van der Waals surface area contributed by atoms with Crippen molar-refractivity contribution in [3.63, 3.8) is 0 Å². The molecule has 0 radical (unpaired) electrons. The van der Waals surface area contributed by atoms with Gasteiger partial charge in [0.25, 0.3) is 0 Å². The Bertz CT molecular complexity index is 489. The number of rotatable bonds is 4. The largest absolute Gasteiger partial charge is 0.481 e. The van der Waals surface area contributed by atoms with Crippen LogP contribution >= 0.6 is 15.9 Å². The van der Waals surface area contributed by atoms with Crippen LogP contribution in [0.1, 0.15) is 24.8 Å². The number of halogens is 1. The molecule has 0 heterocycles. The van der Waals surface area contributed by atoms with E-state index in [0.29, 0.717) is 6.42 Å². The molecule has 1 aromatic rings. The number of carboxylic acids is 1. The Balaban J connectivity index is 1.92. The molecule has 19 heavy (non-hydrogen) atoms. The van der Waals surface area contributed by atoms with E-state index in [4.69, 9.17) is 5.11 Å². The number of benzene rings is 1. The predicted octanol–water partition coefficient (Wildman–Crippen LogP) is 2.36. The molecule has 0 saturated heterocycles. The molecule has 2 atom stereocenters. The van der Waals surface area contributed by atoms with Crippen LogP contribution in [0.4, 0.5) is 0 Å². The first kappa shape index (κ1) is 14.1. The highest BCUT2D eigenvalue weighted by atomic mass is 79.9.